The molecule has 1 aromatic heterocycles. The van der Waals surface area contributed by atoms with Crippen molar-refractivity contribution in [3.63, 3.8) is 0 Å². The Morgan fingerprint density at radius 3 is 2.95 bits per heavy atom. The first-order chi connectivity index (χ1) is 10.1. The number of nitrogens with one attached hydrogen (secondary N) is 1. The number of halogens is 1. The molecule has 2 aromatic rings. The summed E-state index contributed by atoms with van der Waals surface area (Å²) in [5, 5.41) is 3.54. The number of likely N-dealkylation sites (N-methyl/N-ethyl adjacent to an activating group) is 1. The molecule has 21 heavy (non-hydrogen) atoms. The van der Waals surface area contributed by atoms with E-state index in [1.807, 2.05) is 6.07 Å². The number of amides is 1. The number of benzene rings is 1. The van der Waals surface area contributed by atoms with Gasteiger partial charge in [-0.15, -0.1) is 0 Å². The molecule has 0 fully saturated rings. The van der Waals surface area contributed by atoms with Crippen LogP contribution in [-0.4, -0.2) is 31.0 Å². The van der Waals surface area contributed by atoms with E-state index >= 15 is 0 Å². The molecular weight excluding hydrogens is 289 g/mol. The Morgan fingerprint density at radius 1 is 1.43 bits per heavy atom. The maximum absolute atomic E-state index is 13.6. The highest BCUT2D eigenvalue weighted by molar-refractivity contribution is 7.22. The van der Waals surface area contributed by atoms with Gasteiger partial charge in [0, 0.05) is 13.6 Å². The number of hydrogen-bond acceptors (Lipinski definition) is 4. The second kappa shape index (κ2) is 7.36. The average molecular weight is 309 g/mol. The predicted molar refractivity (Wildman–Crippen MR) is 85.4 cm³/mol. The lowest BCUT2D eigenvalue weighted by molar-refractivity contribution is -0.119. The van der Waals surface area contributed by atoms with Crippen LogP contribution < -0.4 is 10.2 Å². The third-order valence-electron chi connectivity index (χ3n) is 3.17. The zero-order valence-electron chi connectivity index (χ0n) is 12.4. The van der Waals surface area contributed by atoms with Gasteiger partial charge in [-0.25, -0.2) is 9.37 Å². The summed E-state index contributed by atoms with van der Waals surface area (Å²) in [5.41, 5.74) is 0.368. The van der Waals surface area contributed by atoms with Gasteiger partial charge < -0.3 is 10.2 Å². The minimum atomic E-state index is -0.326. The Labute approximate surface area is 128 Å². The van der Waals surface area contributed by atoms with Gasteiger partial charge in [0.05, 0.1) is 11.2 Å². The minimum absolute atomic E-state index is 0.0340. The highest BCUT2D eigenvalue weighted by atomic mass is 32.1. The molecular formula is C15H20FN3OS. The fourth-order valence-corrected chi connectivity index (χ4v) is 2.95. The molecule has 1 amide bonds. The predicted octanol–water partition coefficient (Wildman–Crippen LogP) is 3.18. The van der Waals surface area contributed by atoms with E-state index in [2.05, 4.69) is 17.2 Å². The van der Waals surface area contributed by atoms with E-state index in [-0.39, 0.29) is 18.3 Å². The van der Waals surface area contributed by atoms with Crippen molar-refractivity contribution < 1.29 is 9.18 Å². The molecule has 0 spiro atoms. The van der Waals surface area contributed by atoms with Gasteiger partial charge in [-0.2, -0.15) is 0 Å². The van der Waals surface area contributed by atoms with Crippen LogP contribution in [0.1, 0.15) is 26.2 Å². The summed E-state index contributed by atoms with van der Waals surface area (Å²) in [4.78, 5) is 17.8. The molecule has 4 nitrogen and oxygen atoms in total. The van der Waals surface area contributed by atoms with Crippen LogP contribution in [-0.2, 0) is 4.79 Å². The van der Waals surface area contributed by atoms with Gasteiger partial charge in [-0.05, 0) is 18.6 Å². The van der Waals surface area contributed by atoms with E-state index < -0.39 is 0 Å². The van der Waals surface area contributed by atoms with Crippen LogP contribution in [0, 0.1) is 5.82 Å². The largest absolute Gasteiger partial charge is 0.355 e. The molecule has 6 heteroatoms. The van der Waals surface area contributed by atoms with Crippen molar-refractivity contribution in [1.29, 1.82) is 0 Å². The zero-order valence-corrected chi connectivity index (χ0v) is 13.2. The first-order valence-corrected chi connectivity index (χ1v) is 7.96. The topological polar surface area (TPSA) is 45.2 Å². The first-order valence-electron chi connectivity index (χ1n) is 7.14. The van der Waals surface area contributed by atoms with Crippen LogP contribution in [0.4, 0.5) is 9.52 Å². The Bertz CT molecular complexity index is 614. The van der Waals surface area contributed by atoms with Crippen molar-refractivity contribution in [3.8, 4) is 0 Å². The summed E-state index contributed by atoms with van der Waals surface area (Å²) in [6.07, 6.45) is 3.25. The van der Waals surface area contributed by atoms with Crippen LogP contribution in [0.2, 0.25) is 0 Å². The molecule has 0 saturated heterocycles. The monoisotopic (exact) mass is 309 g/mol. The molecule has 1 aromatic carbocycles. The molecule has 0 unspecified atom stereocenters. The minimum Gasteiger partial charge on any atom is -0.355 e. The van der Waals surface area contributed by atoms with Crippen molar-refractivity contribution in [2.75, 3.05) is 25.0 Å². The number of hydrogen-bond donors (Lipinski definition) is 1. The average Bonchev–Trinajstić information content (AvgIpc) is 2.89. The van der Waals surface area contributed by atoms with Gasteiger partial charge in [0.25, 0.3) is 0 Å². The second-order valence-electron chi connectivity index (χ2n) is 5.00. The van der Waals surface area contributed by atoms with Crippen LogP contribution in [0.5, 0.6) is 0 Å². The quantitative estimate of drug-likeness (QED) is 0.799. The molecule has 1 heterocycles. The number of nitrogens with zero attached hydrogens (tertiary/aromatic N) is 2. The standard InChI is InChI=1S/C15H20FN3OS/c1-3-4-5-9-17-13(20)10-19(2)15-18-14-11(16)7-6-8-12(14)21-15/h6-8H,3-5,9-10H2,1-2H3,(H,17,20). The maximum atomic E-state index is 13.6. The van der Waals surface area contributed by atoms with Crippen LogP contribution in [0.3, 0.4) is 0 Å². The highest BCUT2D eigenvalue weighted by Crippen LogP contribution is 2.29. The van der Waals surface area contributed by atoms with Gasteiger partial charge in [-0.3, -0.25) is 4.79 Å². The first kappa shape index (κ1) is 15.7. The summed E-state index contributed by atoms with van der Waals surface area (Å²) in [7, 11) is 1.79. The molecule has 0 bridgehead atoms. The van der Waals surface area contributed by atoms with Gasteiger partial charge in [0.1, 0.15) is 11.3 Å². The Hall–Kier alpha value is -1.69. The number of thiazole rings is 1. The number of para-hydroxylation sites is 1. The van der Waals surface area contributed by atoms with Crippen molar-refractivity contribution in [3.05, 3.63) is 24.0 Å². The smallest absolute Gasteiger partial charge is 0.239 e. The molecule has 0 aliphatic carbocycles. The lowest BCUT2D eigenvalue weighted by Crippen LogP contribution is -2.35. The van der Waals surface area contributed by atoms with E-state index in [1.165, 1.54) is 17.4 Å². The maximum Gasteiger partial charge on any atom is 0.239 e. The van der Waals surface area contributed by atoms with Crippen LogP contribution >= 0.6 is 11.3 Å². The van der Waals surface area contributed by atoms with E-state index in [9.17, 15) is 9.18 Å². The number of unbranched alkanes of at least 4 members (excludes halogenated alkanes) is 2. The fraction of sp³-hybridized carbons (Fsp3) is 0.467. The van der Waals surface area contributed by atoms with Crippen molar-refractivity contribution >= 4 is 32.6 Å². The Kier molecular flexibility index (Phi) is 5.50. The second-order valence-corrected chi connectivity index (χ2v) is 6.01. The molecule has 114 valence electrons. The van der Waals surface area contributed by atoms with Crippen LogP contribution in [0.15, 0.2) is 18.2 Å². The lowest BCUT2D eigenvalue weighted by atomic mass is 10.2. The van der Waals surface area contributed by atoms with E-state index in [1.54, 1.807) is 18.0 Å². The van der Waals surface area contributed by atoms with Crippen molar-refractivity contribution in [2.45, 2.75) is 26.2 Å². The summed E-state index contributed by atoms with van der Waals surface area (Å²) < 4.78 is 14.4. The van der Waals surface area contributed by atoms with E-state index in [0.717, 1.165) is 24.0 Å². The third-order valence-corrected chi connectivity index (χ3v) is 4.30. The molecule has 0 saturated carbocycles. The molecule has 0 aliphatic rings. The lowest BCUT2D eigenvalue weighted by Gasteiger charge is -2.15. The third kappa shape index (κ3) is 4.14. The van der Waals surface area contributed by atoms with Gasteiger partial charge in [0.2, 0.25) is 5.91 Å². The van der Waals surface area contributed by atoms with Gasteiger partial charge >= 0.3 is 0 Å². The number of rotatable bonds is 7. The SMILES string of the molecule is CCCCCNC(=O)CN(C)c1nc2c(F)cccc2s1. The van der Waals surface area contributed by atoms with E-state index in [4.69, 9.17) is 0 Å². The van der Waals surface area contributed by atoms with Crippen molar-refractivity contribution in [2.24, 2.45) is 0 Å². The Balaban J connectivity index is 1.94. The molecule has 0 atom stereocenters. The molecule has 2 rings (SSSR count). The normalized spacial score (nSPS) is 10.8. The van der Waals surface area contributed by atoms with Crippen molar-refractivity contribution in [1.82, 2.24) is 10.3 Å². The van der Waals surface area contributed by atoms with Crippen LogP contribution in [0.25, 0.3) is 10.2 Å². The van der Waals surface area contributed by atoms with Gasteiger partial charge in [-0.1, -0.05) is 37.2 Å². The zero-order chi connectivity index (χ0) is 15.2. The number of fused-ring (bicyclic) bond motifs is 1. The number of carbonyl (C=O) groups is 1. The highest BCUT2D eigenvalue weighted by Gasteiger charge is 2.13. The van der Waals surface area contributed by atoms with Gasteiger partial charge in [0.15, 0.2) is 5.13 Å². The summed E-state index contributed by atoms with van der Waals surface area (Å²) in [6, 6.07) is 4.89. The summed E-state index contributed by atoms with van der Waals surface area (Å²) in [5.74, 6) is -0.360. The summed E-state index contributed by atoms with van der Waals surface area (Å²) in [6.45, 7) is 3.06. The Morgan fingerprint density at radius 2 is 2.24 bits per heavy atom. The molecule has 1 N–H and O–H groups in total. The number of carbonyl (C=O) groups excluding carboxylic acids is 1. The summed E-state index contributed by atoms with van der Waals surface area (Å²) >= 11 is 1.39. The number of aromatic nitrogens is 1. The number of anilines is 1. The fourth-order valence-electron chi connectivity index (χ4n) is 2.01. The van der Waals surface area contributed by atoms with E-state index in [0.29, 0.717) is 17.2 Å². The molecule has 0 radical (unpaired) electrons. The molecule has 0 aliphatic heterocycles.